The summed E-state index contributed by atoms with van der Waals surface area (Å²) in [7, 11) is 0. The second kappa shape index (κ2) is 3.13. The first-order chi connectivity index (χ1) is 5.11. The molecule has 60 valence electrons. The van der Waals surface area contributed by atoms with Crippen LogP contribution in [0.1, 0.15) is 31.3 Å². The number of aryl methyl sites for hydroxylation is 1. The Morgan fingerprint density at radius 2 is 1.91 bits per heavy atom. The molecular weight excluding hydrogens is 162 g/mol. The lowest BCUT2D eigenvalue weighted by molar-refractivity contribution is 0.753. The molecule has 11 heavy (non-hydrogen) atoms. The van der Waals surface area contributed by atoms with Crippen molar-refractivity contribution in [1.29, 1.82) is 0 Å². The van der Waals surface area contributed by atoms with Crippen LogP contribution < -0.4 is 0 Å². The van der Waals surface area contributed by atoms with Gasteiger partial charge in [0.2, 0.25) is 0 Å². The first-order valence-electron chi connectivity index (χ1n) is 3.48. The fourth-order valence-corrected chi connectivity index (χ4v) is 1.12. The molecule has 1 heterocycles. The highest BCUT2D eigenvalue weighted by Gasteiger charge is 2.08. The molecule has 0 unspecified atom stereocenters. The highest BCUT2D eigenvalue weighted by atomic mass is 35.5. The molecule has 0 radical (unpaired) electrons. The summed E-state index contributed by atoms with van der Waals surface area (Å²) in [5, 5.41) is 8.21. The number of aromatic nitrogens is 3. The number of halogens is 1. The summed E-state index contributed by atoms with van der Waals surface area (Å²) in [6.45, 7) is 5.78. The molecular formula is C7H10ClN3. The van der Waals surface area contributed by atoms with E-state index in [0.29, 0.717) is 11.0 Å². The predicted octanol–water partition coefficient (Wildman–Crippen LogP) is 1.96. The van der Waals surface area contributed by atoms with E-state index in [-0.39, 0.29) is 5.92 Å². The van der Waals surface area contributed by atoms with Crippen LogP contribution in [0.2, 0.25) is 5.15 Å². The largest absolute Gasteiger partial charge is 0.218 e. The minimum absolute atomic E-state index is 0.281. The molecule has 0 saturated carbocycles. The van der Waals surface area contributed by atoms with Crippen molar-refractivity contribution in [3.8, 4) is 0 Å². The van der Waals surface area contributed by atoms with Crippen LogP contribution in [0.15, 0.2) is 0 Å². The molecule has 1 aromatic heterocycles. The van der Waals surface area contributed by atoms with E-state index in [4.69, 9.17) is 11.6 Å². The van der Waals surface area contributed by atoms with E-state index in [9.17, 15) is 0 Å². The summed E-state index contributed by atoms with van der Waals surface area (Å²) in [6.07, 6.45) is 0. The van der Waals surface area contributed by atoms with Gasteiger partial charge in [-0.15, -0.1) is 5.10 Å². The zero-order valence-electron chi connectivity index (χ0n) is 6.80. The van der Waals surface area contributed by atoms with Gasteiger partial charge in [-0.1, -0.05) is 25.4 Å². The third kappa shape index (κ3) is 1.87. The Kier molecular flexibility index (Phi) is 2.39. The number of hydrogen-bond acceptors (Lipinski definition) is 3. The maximum absolute atomic E-state index is 5.81. The smallest absolute Gasteiger partial charge is 0.154 e. The number of rotatable bonds is 1. The van der Waals surface area contributed by atoms with Crippen LogP contribution >= 0.6 is 11.6 Å². The van der Waals surface area contributed by atoms with Gasteiger partial charge in [-0.05, 0) is 6.92 Å². The van der Waals surface area contributed by atoms with E-state index in [0.717, 1.165) is 5.69 Å². The van der Waals surface area contributed by atoms with Crippen molar-refractivity contribution in [1.82, 2.24) is 15.2 Å². The molecule has 1 rings (SSSR count). The molecule has 0 saturated heterocycles. The average molecular weight is 172 g/mol. The predicted molar refractivity (Wildman–Crippen MR) is 43.7 cm³/mol. The molecule has 0 bridgehead atoms. The van der Waals surface area contributed by atoms with E-state index >= 15 is 0 Å². The second-order valence-corrected chi connectivity index (χ2v) is 3.05. The molecule has 1 aromatic rings. The van der Waals surface area contributed by atoms with Gasteiger partial charge >= 0.3 is 0 Å². The third-order valence-corrected chi connectivity index (χ3v) is 1.60. The Hall–Kier alpha value is -0.700. The summed E-state index contributed by atoms with van der Waals surface area (Å²) in [5.74, 6) is 0.891. The number of nitrogens with zero attached hydrogens (tertiary/aromatic N) is 3. The summed E-state index contributed by atoms with van der Waals surface area (Å²) < 4.78 is 0. The second-order valence-electron chi connectivity index (χ2n) is 2.69. The maximum Gasteiger partial charge on any atom is 0.154 e. The van der Waals surface area contributed by atoms with Crippen LogP contribution in [0.4, 0.5) is 0 Å². The van der Waals surface area contributed by atoms with Crippen LogP contribution in [-0.4, -0.2) is 15.2 Å². The SMILES string of the molecule is Cc1nnc(C(C)C)c(Cl)n1. The van der Waals surface area contributed by atoms with Crippen LogP contribution in [0.25, 0.3) is 0 Å². The van der Waals surface area contributed by atoms with Gasteiger partial charge in [0.05, 0.1) is 0 Å². The lowest BCUT2D eigenvalue weighted by atomic mass is 10.1. The van der Waals surface area contributed by atoms with Gasteiger partial charge in [0.15, 0.2) is 5.15 Å². The van der Waals surface area contributed by atoms with E-state index in [1.807, 2.05) is 13.8 Å². The number of hydrogen-bond donors (Lipinski definition) is 0. The van der Waals surface area contributed by atoms with Gasteiger partial charge in [0.1, 0.15) is 11.5 Å². The average Bonchev–Trinajstić information content (AvgIpc) is 1.85. The highest BCUT2D eigenvalue weighted by Crippen LogP contribution is 2.17. The van der Waals surface area contributed by atoms with E-state index in [2.05, 4.69) is 15.2 Å². The van der Waals surface area contributed by atoms with Crippen LogP contribution in [0.5, 0.6) is 0 Å². The maximum atomic E-state index is 5.81. The normalized spacial score (nSPS) is 10.6. The minimum Gasteiger partial charge on any atom is -0.218 e. The molecule has 0 spiro atoms. The van der Waals surface area contributed by atoms with Crippen molar-refractivity contribution in [2.75, 3.05) is 0 Å². The molecule has 0 aliphatic carbocycles. The molecule has 0 fully saturated rings. The highest BCUT2D eigenvalue weighted by molar-refractivity contribution is 6.30. The van der Waals surface area contributed by atoms with Crippen molar-refractivity contribution < 1.29 is 0 Å². The Labute approximate surface area is 70.8 Å². The van der Waals surface area contributed by atoms with Crippen molar-refractivity contribution in [3.63, 3.8) is 0 Å². The zero-order valence-corrected chi connectivity index (χ0v) is 7.55. The van der Waals surface area contributed by atoms with E-state index in [1.165, 1.54) is 0 Å². The Morgan fingerprint density at radius 3 is 2.36 bits per heavy atom. The Morgan fingerprint density at radius 1 is 1.27 bits per heavy atom. The van der Waals surface area contributed by atoms with Crippen LogP contribution in [0, 0.1) is 6.92 Å². The molecule has 0 N–H and O–H groups in total. The monoisotopic (exact) mass is 171 g/mol. The van der Waals surface area contributed by atoms with Gasteiger partial charge in [0, 0.05) is 5.92 Å². The van der Waals surface area contributed by atoms with Crippen LogP contribution in [-0.2, 0) is 0 Å². The molecule has 0 aliphatic rings. The molecule has 0 amide bonds. The lowest BCUT2D eigenvalue weighted by Gasteiger charge is -2.03. The van der Waals surface area contributed by atoms with E-state index in [1.54, 1.807) is 6.92 Å². The van der Waals surface area contributed by atoms with Gasteiger partial charge < -0.3 is 0 Å². The van der Waals surface area contributed by atoms with Crippen molar-refractivity contribution in [3.05, 3.63) is 16.7 Å². The van der Waals surface area contributed by atoms with E-state index < -0.39 is 0 Å². The fourth-order valence-electron chi connectivity index (χ4n) is 0.743. The Bertz CT molecular complexity index is 260. The van der Waals surface area contributed by atoms with Crippen molar-refractivity contribution in [2.45, 2.75) is 26.7 Å². The lowest BCUT2D eigenvalue weighted by Crippen LogP contribution is -2.01. The molecule has 0 aromatic carbocycles. The fraction of sp³-hybridized carbons (Fsp3) is 0.571. The Balaban J connectivity index is 3.09. The summed E-state index contributed by atoms with van der Waals surface area (Å²) >= 11 is 5.81. The standard InChI is InChI=1S/C7H10ClN3/c1-4(2)6-7(8)9-5(3)10-11-6/h4H,1-3H3. The third-order valence-electron chi connectivity index (χ3n) is 1.32. The van der Waals surface area contributed by atoms with Gasteiger partial charge in [-0.3, -0.25) is 0 Å². The topological polar surface area (TPSA) is 38.7 Å². The van der Waals surface area contributed by atoms with Gasteiger partial charge in [-0.2, -0.15) is 5.10 Å². The van der Waals surface area contributed by atoms with Crippen molar-refractivity contribution in [2.24, 2.45) is 0 Å². The molecule has 0 atom stereocenters. The zero-order chi connectivity index (χ0) is 8.43. The van der Waals surface area contributed by atoms with Gasteiger partial charge in [0.25, 0.3) is 0 Å². The first-order valence-corrected chi connectivity index (χ1v) is 3.85. The summed E-state index contributed by atoms with van der Waals surface area (Å²) in [6, 6.07) is 0. The summed E-state index contributed by atoms with van der Waals surface area (Å²) in [4.78, 5) is 3.99. The first kappa shape index (κ1) is 8.40. The quantitative estimate of drug-likeness (QED) is 0.649. The minimum atomic E-state index is 0.281. The van der Waals surface area contributed by atoms with Crippen LogP contribution in [0.3, 0.4) is 0 Å². The summed E-state index contributed by atoms with van der Waals surface area (Å²) in [5.41, 5.74) is 0.761. The molecule has 0 aliphatic heterocycles. The molecule has 4 heteroatoms. The van der Waals surface area contributed by atoms with Gasteiger partial charge in [-0.25, -0.2) is 4.98 Å². The molecule has 3 nitrogen and oxygen atoms in total. The van der Waals surface area contributed by atoms with Crippen molar-refractivity contribution >= 4 is 11.6 Å².